The van der Waals surface area contributed by atoms with Gasteiger partial charge in [-0.05, 0) is 31.5 Å². The molecule has 1 aromatic carbocycles. The quantitative estimate of drug-likeness (QED) is 0.859. The first-order chi connectivity index (χ1) is 9.22. The van der Waals surface area contributed by atoms with Gasteiger partial charge in [-0.25, -0.2) is 0 Å². The van der Waals surface area contributed by atoms with Gasteiger partial charge < -0.3 is 10.4 Å². The average Bonchev–Trinajstić information content (AvgIpc) is 2.46. The van der Waals surface area contributed by atoms with E-state index in [1.54, 1.807) is 12.3 Å². The zero-order chi connectivity index (χ0) is 13.7. The Morgan fingerprint density at radius 1 is 1.16 bits per heavy atom. The van der Waals surface area contributed by atoms with Crippen LogP contribution in [0.3, 0.4) is 0 Å². The van der Waals surface area contributed by atoms with Gasteiger partial charge in [-0.15, -0.1) is 0 Å². The van der Waals surface area contributed by atoms with Gasteiger partial charge in [-0.1, -0.05) is 31.2 Å². The molecule has 3 heteroatoms. The third kappa shape index (κ3) is 3.32. The highest BCUT2D eigenvalue weighted by Gasteiger charge is 2.16. The van der Waals surface area contributed by atoms with E-state index >= 15 is 0 Å². The van der Waals surface area contributed by atoms with Gasteiger partial charge in [0.05, 0.1) is 5.69 Å². The predicted octanol–water partition coefficient (Wildman–Crippen LogP) is 3.59. The number of hydrogen-bond donors (Lipinski definition) is 2. The van der Waals surface area contributed by atoms with Crippen molar-refractivity contribution in [3.8, 4) is 5.75 Å². The summed E-state index contributed by atoms with van der Waals surface area (Å²) in [6.07, 6.45) is 2.71. The van der Waals surface area contributed by atoms with Crippen molar-refractivity contribution in [3.63, 3.8) is 0 Å². The van der Waals surface area contributed by atoms with Crippen LogP contribution in [0, 0.1) is 0 Å². The molecule has 0 amide bonds. The smallest absolute Gasteiger partial charge is 0.120 e. The first kappa shape index (κ1) is 13.6. The summed E-state index contributed by atoms with van der Waals surface area (Å²) in [6.45, 7) is 4.19. The van der Waals surface area contributed by atoms with Crippen LogP contribution in [0.1, 0.15) is 43.6 Å². The average molecular weight is 256 g/mol. The number of nitrogens with one attached hydrogen (secondary N) is 1. The monoisotopic (exact) mass is 256 g/mol. The fourth-order valence-electron chi connectivity index (χ4n) is 2.23. The van der Waals surface area contributed by atoms with Crippen LogP contribution in [-0.4, -0.2) is 10.1 Å². The van der Waals surface area contributed by atoms with Gasteiger partial charge in [0.25, 0.3) is 0 Å². The largest absolute Gasteiger partial charge is 0.508 e. The molecule has 0 aliphatic carbocycles. The Morgan fingerprint density at radius 2 is 1.89 bits per heavy atom. The van der Waals surface area contributed by atoms with Crippen LogP contribution in [0.15, 0.2) is 48.7 Å². The third-order valence-corrected chi connectivity index (χ3v) is 3.30. The van der Waals surface area contributed by atoms with Crippen LogP contribution in [0.5, 0.6) is 5.75 Å². The lowest BCUT2D eigenvalue weighted by Crippen LogP contribution is -2.24. The first-order valence-electron chi connectivity index (χ1n) is 6.67. The molecular formula is C16H20N2O. The van der Waals surface area contributed by atoms with Crippen LogP contribution >= 0.6 is 0 Å². The van der Waals surface area contributed by atoms with E-state index in [0.717, 1.165) is 17.7 Å². The summed E-state index contributed by atoms with van der Waals surface area (Å²) in [5.74, 6) is 0.343. The Kier molecular flexibility index (Phi) is 4.53. The number of pyridine rings is 1. The maximum absolute atomic E-state index is 9.94. The fraction of sp³-hybridized carbons (Fsp3) is 0.312. The number of phenols is 1. The van der Waals surface area contributed by atoms with Crippen molar-refractivity contribution in [1.29, 1.82) is 0 Å². The summed E-state index contributed by atoms with van der Waals surface area (Å²) >= 11 is 0. The SMILES string of the molecule is CCC(N[C@H](C)c1ccccn1)c1ccccc1O. The van der Waals surface area contributed by atoms with Crippen molar-refractivity contribution in [3.05, 3.63) is 59.9 Å². The zero-order valence-corrected chi connectivity index (χ0v) is 11.4. The van der Waals surface area contributed by atoms with E-state index in [4.69, 9.17) is 0 Å². The molecular weight excluding hydrogens is 236 g/mol. The summed E-state index contributed by atoms with van der Waals surface area (Å²) in [6, 6.07) is 13.7. The molecule has 2 atom stereocenters. The molecule has 0 fully saturated rings. The number of aromatic nitrogens is 1. The maximum Gasteiger partial charge on any atom is 0.120 e. The Hall–Kier alpha value is -1.87. The molecule has 0 spiro atoms. The Labute approximate surface area is 114 Å². The van der Waals surface area contributed by atoms with Gasteiger partial charge in [0.2, 0.25) is 0 Å². The number of hydrogen-bond acceptors (Lipinski definition) is 3. The number of rotatable bonds is 5. The van der Waals surface area contributed by atoms with Crippen LogP contribution < -0.4 is 5.32 Å². The van der Waals surface area contributed by atoms with Crippen molar-refractivity contribution in [2.24, 2.45) is 0 Å². The summed E-state index contributed by atoms with van der Waals surface area (Å²) in [4.78, 5) is 4.36. The Morgan fingerprint density at radius 3 is 2.53 bits per heavy atom. The van der Waals surface area contributed by atoms with Crippen LogP contribution in [0.4, 0.5) is 0 Å². The molecule has 3 nitrogen and oxygen atoms in total. The minimum Gasteiger partial charge on any atom is -0.508 e. The molecule has 0 saturated carbocycles. The van der Waals surface area contributed by atoms with E-state index in [1.807, 2.05) is 36.4 Å². The van der Waals surface area contributed by atoms with Gasteiger partial charge in [0.15, 0.2) is 0 Å². The highest BCUT2D eigenvalue weighted by atomic mass is 16.3. The second-order valence-electron chi connectivity index (χ2n) is 4.66. The predicted molar refractivity (Wildman–Crippen MR) is 76.9 cm³/mol. The van der Waals surface area contributed by atoms with Crippen molar-refractivity contribution >= 4 is 0 Å². The van der Waals surface area contributed by atoms with E-state index in [9.17, 15) is 5.11 Å². The van der Waals surface area contributed by atoms with Crippen LogP contribution in [0.25, 0.3) is 0 Å². The first-order valence-corrected chi connectivity index (χ1v) is 6.67. The molecule has 2 rings (SSSR count). The van der Waals surface area contributed by atoms with E-state index in [-0.39, 0.29) is 12.1 Å². The Bertz CT molecular complexity index is 513. The third-order valence-electron chi connectivity index (χ3n) is 3.30. The maximum atomic E-state index is 9.94. The molecule has 1 aromatic heterocycles. The van der Waals surface area contributed by atoms with Crippen LogP contribution in [-0.2, 0) is 0 Å². The van der Waals surface area contributed by atoms with Gasteiger partial charge in [0.1, 0.15) is 5.75 Å². The lowest BCUT2D eigenvalue weighted by Gasteiger charge is -2.23. The molecule has 19 heavy (non-hydrogen) atoms. The number of phenolic OH excluding ortho intramolecular Hbond substituents is 1. The van der Waals surface area contributed by atoms with Crippen molar-refractivity contribution in [2.75, 3.05) is 0 Å². The molecule has 1 heterocycles. The highest BCUT2D eigenvalue weighted by Crippen LogP contribution is 2.27. The second-order valence-corrected chi connectivity index (χ2v) is 4.66. The lowest BCUT2D eigenvalue weighted by atomic mass is 10.0. The Balaban J connectivity index is 2.14. The molecule has 0 aliphatic heterocycles. The molecule has 100 valence electrons. The molecule has 0 radical (unpaired) electrons. The number of nitrogens with zero attached hydrogens (tertiary/aromatic N) is 1. The summed E-state index contributed by atoms with van der Waals surface area (Å²) in [5, 5.41) is 13.5. The minimum absolute atomic E-state index is 0.123. The fourth-order valence-corrected chi connectivity index (χ4v) is 2.23. The molecule has 2 aromatic rings. The molecule has 2 N–H and O–H groups in total. The number of aromatic hydroxyl groups is 1. The molecule has 0 saturated heterocycles. The van der Waals surface area contributed by atoms with Gasteiger partial charge in [-0.2, -0.15) is 0 Å². The summed E-state index contributed by atoms with van der Waals surface area (Å²) in [7, 11) is 0. The highest BCUT2D eigenvalue weighted by molar-refractivity contribution is 5.34. The second kappa shape index (κ2) is 6.34. The normalized spacial score (nSPS) is 14.0. The zero-order valence-electron chi connectivity index (χ0n) is 11.4. The van der Waals surface area contributed by atoms with Crippen molar-refractivity contribution in [1.82, 2.24) is 10.3 Å². The molecule has 0 bridgehead atoms. The van der Waals surface area contributed by atoms with E-state index < -0.39 is 0 Å². The minimum atomic E-state index is 0.123. The van der Waals surface area contributed by atoms with Gasteiger partial charge >= 0.3 is 0 Å². The molecule has 1 unspecified atom stereocenters. The number of benzene rings is 1. The summed E-state index contributed by atoms with van der Waals surface area (Å²) < 4.78 is 0. The van der Waals surface area contributed by atoms with Crippen molar-refractivity contribution in [2.45, 2.75) is 32.4 Å². The van der Waals surface area contributed by atoms with Gasteiger partial charge in [-0.3, -0.25) is 4.98 Å². The number of para-hydroxylation sites is 1. The van der Waals surface area contributed by atoms with E-state index in [2.05, 4.69) is 24.1 Å². The molecule has 0 aliphatic rings. The van der Waals surface area contributed by atoms with Gasteiger partial charge in [0, 0.05) is 23.8 Å². The van der Waals surface area contributed by atoms with Crippen LogP contribution in [0.2, 0.25) is 0 Å². The topological polar surface area (TPSA) is 45.2 Å². The van der Waals surface area contributed by atoms with E-state index in [1.165, 1.54) is 0 Å². The van der Waals surface area contributed by atoms with E-state index in [0.29, 0.717) is 5.75 Å². The summed E-state index contributed by atoms with van der Waals surface area (Å²) in [5.41, 5.74) is 1.95. The standard InChI is InChI=1S/C16H20N2O/c1-3-14(13-8-4-5-10-16(13)19)18-12(2)15-9-6-7-11-17-15/h4-12,14,18-19H,3H2,1-2H3/t12-,14?/m1/s1. The lowest BCUT2D eigenvalue weighted by molar-refractivity contribution is 0.416. The van der Waals surface area contributed by atoms with Crippen molar-refractivity contribution < 1.29 is 5.11 Å².